The topological polar surface area (TPSA) is 89.9 Å². The Morgan fingerprint density at radius 3 is 2.78 bits per heavy atom. The van der Waals surface area contributed by atoms with E-state index in [0.29, 0.717) is 12.0 Å². The number of ether oxygens (including phenoxy) is 1. The number of rotatable bonds is 5. The molecule has 122 valence electrons. The van der Waals surface area contributed by atoms with Crippen LogP contribution in [-0.4, -0.2) is 53.4 Å². The number of amides is 1. The van der Waals surface area contributed by atoms with Gasteiger partial charge in [0.25, 0.3) is 0 Å². The van der Waals surface area contributed by atoms with Crippen molar-refractivity contribution in [3.8, 4) is 0 Å². The van der Waals surface area contributed by atoms with E-state index in [2.05, 4.69) is 0 Å². The Balaban J connectivity index is 0.00000192. The summed E-state index contributed by atoms with van der Waals surface area (Å²) >= 11 is 0. The number of aliphatic hydroxyl groups is 1. The minimum atomic E-state index is -1.41. The van der Waals surface area contributed by atoms with Gasteiger partial charge in [0.15, 0.2) is 0 Å². The van der Waals surface area contributed by atoms with Crippen molar-refractivity contribution in [2.75, 3.05) is 13.3 Å². The molecule has 0 aromatic heterocycles. The molecule has 3 rings (SSSR count). The Bertz CT molecular complexity index is 538. The quantitative estimate of drug-likeness (QED) is 0.408. The minimum absolute atomic E-state index is 0. The first-order valence-electron chi connectivity index (χ1n) is 7.63. The number of hydrogen-bond acceptors (Lipinski definition) is 5. The van der Waals surface area contributed by atoms with Crippen LogP contribution in [0.2, 0.25) is 0 Å². The maximum Gasteiger partial charge on any atom is 1.00 e. The third-order valence-corrected chi connectivity index (χ3v) is 4.95. The van der Waals surface area contributed by atoms with Crippen LogP contribution in [0.15, 0.2) is 11.3 Å². The molecule has 8 heteroatoms. The number of fused-ring (bicyclic) bond motifs is 3. The Morgan fingerprint density at radius 2 is 2.22 bits per heavy atom. The average molecular weight is 351 g/mol. The molecule has 0 aromatic carbocycles. The number of carbonyl (C=O) groups is 2. The Morgan fingerprint density at radius 1 is 1.52 bits per heavy atom. The molecule has 23 heavy (non-hydrogen) atoms. The zero-order valence-electron chi connectivity index (χ0n) is 13.3. The van der Waals surface area contributed by atoms with Crippen LogP contribution in [0.4, 0.5) is 4.39 Å². The molecule has 1 N–H and O–H groups in total. The SMILES string of the molecule is C[C@@H](O)[C@H]1C(=O)N2C(C(=O)[O-])=C3[C@@H](OCCF)CCC[C@@H]3[C@H]12.[K+]. The molecule has 6 nitrogen and oxygen atoms in total. The maximum absolute atomic E-state index is 12.4. The number of nitrogens with zero attached hydrogens (tertiary/aromatic N) is 1. The van der Waals surface area contributed by atoms with Crippen LogP contribution in [0, 0.1) is 11.8 Å². The number of alkyl halides is 1. The Kier molecular flexibility index (Phi) is 6.43. The second kappa shape index (κ2) is 7.59. The van der Waals surface area contributed by atoms with E-state index in [1.807, 2.05) is 0 Å². The van der Waals surface area contributed by atoms with E-state index < -0.39 is 30.8 Å². The monoisotopic (exact) mass is 351 g/mol. The maximum atomic E-state index is 12.4. The summed E-state index contributed by atoms with van der Waals surface area (Å²) in [7, 11) is 0. The fourth-order valence-electron chi connectivity index (χ4n) is 4.18. The molecule has 2 aliphatic heterocycles. The summed E-state index contributed by atoms with van der Waals surface area (Å²) in [6.07, 6.45) is 0.839. The van der Waals surface area contributed by atoms with Crippen LogP contribution < -0.4 is 56.5 Å². The van der Waals surface area contributed by atoms with Gasteiger partial charge in [-0.05, 0) is 31.8 Å². The van der Waals surface area contributed by atoms with Crippen molar-refractivity contribution in [1.29, 1.82) is 0 Å². The van der Waals surface area contributed by atoms with E-state index in [9.17, 15) is 24.2 Å². The fourth-order valence-corrected chi connectivity index (χ4v) is 4.18. The molecule has 1 amide bonds. The zero-order chi connectivity index (χ0) is 16.0. The van der Waals surface area contributed by atoms with E-state index in [0.717, 1.165) is 12.8 Å². The number of β-lactam (4-membered cyclic amide) rings is 1. The molecule has 1 saturated carbocycles. The predicted octanol–water partition coefficient (Wildman–Crippen LogP) is -3.63. The first-order chi connectivity index (χ1) is 10.5. The number of carboxylic acids is 1. The zero-order valence-corrected chi connectivity index (χ0v) is 16.5. The molecule has 1 aliphatic carbocycles. The van der Waals surface area contributed by atoms with Crippen LogP contribution in [-0.2, 0) is 14.3 Å². The summed E-state index contributed by atoms with van der Waals surface area (Å²) in [5, 5.41) is 21.3. The molecule has 0 spiro atoms. The van der Waals surface area contributed by atoms with Crippen LogP contribution in [0.3, 0.4) is 0 Å². The van der Waals surface area contributed by atoms with Gasteiger partial charge in [-0.1, -0.05) is 0 Å². The third kappa shape index (κ3) is 3.07. The first kappa shape index (κ1) is 19.5. The van der Waals surface area contributed by atoms with Gasteiger partial charge in [0.2, 0.25) is 5.91 Å². The molecule has 0 unspecified atom stereocenters. The third-order valence-electron chi connectivity index (χ3n) is 4.95. The van der Waals surface area contributed by atoms with Crippen molar-refractivity contribution in [3.05, 3.63) is 11.3 Å². The van der Waals surface area contributed by atoms with Gasteiger partial charge in [-0.25, -0.2) is 4.39 Å². The van der Waals surface area contributed by atoms with Crippen molar-refractivity contribution in [2.24, 2.45) is 11.8 Å². The van der Waals surface area contributed by atoms with E-state index in [4.69, 9.17) is 4.74 Å². The first-order valence-corrected chi connectivity index (χ1v) is 7.63. The number of halogens is 1. The minimum Gasteiger partial charge on any atom is -0.543 e. The molecule has 0 bridgehead atoms. The normalized spacial score (nSPS) is 33.5. The number of hydrogen-bond donors (Lipinski definition) is 1. The van der Waals surface area contributed by atoms with Crippen molar-refractivity contribution in [2.45, 2.75) is 44.4 Å². The van der Waals surface area contributed by atoms with Gasteiger partial charge < -0.3 is 24.6 Å². The molecule has 2 heterocycles. The van der Waals surface area contributed by atoms with Crippen molar-refractivity contribution >= 4 is 11.9 Å². The standard InChI is InChI=1S/C15H20FNO5.K/c1-7(18)10-12-8-3-2-4-9(22-6-5-16)11(8)13(15(20)21)17(12)14(10)19;/h7-10,12,18H,2-6H2,1H3,(H,20,21);/q;+1/p-1/t7-,8+,9+,10-,12-;/m1./s1. The summed E-state index contributed by atoms with van der Waals surface area (Å²) in [4.78, 5) is 25.0. The molecular formula is C15H19FKNO5. The molecule has 2 fully saturated rings. The number of carbonyl (C=O) groups excluding carboxylic acids is 2. The average Bonchev–Trinajstić information content (AvgIpc) is 2.76. The number of aliphatic carboxylic acids is 1. The molecule has 0 aromatic rings. The van der Waals surface area contributed by atoms with Gasteiger partial charge in [-0.15, -0.1) is 0 Å². The van der Waals surface area contributed by atoms with Gasteiger partial charge >= 0.3 is 51.4 Å². The van der Waals surface area contributed by atoms with Crippen LogP contribution in [0.1, 0.15) is 26.2 Å². The fraction of sp³-hybridized carbons (Fsp3) is 0.733. The summed E-state index contributed by atoms with van der Waals surface area (Å²) in [5.74, 6) is -2.53. The summed E-state index contributed by atoms with van der Waals surface area (Å²) in [5.41, 5.74) is 0.418. The molecule has 3 aliphatic rings. The van der Waals surface area contributed by atoms with E-state index in [1.165, 1.54) is 11.8 Å². The van der Waals surface area contributed by atoms with E-state index >= 15 is 0 Å². The molecule has 0 radical (unpaired) electrons. The van der Waals surface area contributed by atoms with Crippen LogP contribution in [0.25, 0.3) is 0 Å². The summed E-state index contributed by atoms with van der Waals surface area (Å²) in [6, 6.07) is -0.341. The second-order valence-corrected chi connectivity index (χ2v) is 6.14. The summed E-state index contributed by atoms with van der Waals surface area (Å²) < 4.78 is 17.8. The van der Waals surface area contributed by atoms with Crippen molar-refractivity contribution in [1.82, 2.24) is 4.90 Å². The number of carboxylic acid groups (broad SMARTS) is 1. The summed E-state index contributed by atoms with van der Waals surface area (Å²) in [6.45, 7) is 0.799. The smallest absolute Gasteiger partial charge is 0.543 e. The largest absolute Gasteiger partial charge is 1.00 e. The van der Waals surface area contributed by atoms with E-state index in [1.54, 1.807) is 0 Å². The molecule has 1 saturated heterocycles. The molecule has 5 atom stereocenters. The van der Waals surface area contributed by atoms with Gasteiger partial charge in [0.1, 0.15) is 6.67 Å². The number of aliphatic hydroxyl groups excluding tert-OH is 1. The van der Waals surface area contributed by atoms with Gasteiger partial charge in [-0.3, -0.25) is 4.79 Å². The van der Waals surface area contributed by atoms with Crippen LogP contribution in [0.5, 0.6) is 0 Å². The van der Waals surface area contributed by atoms with Gasteiger partial charge in [-0.2, -0.15) is 0 Å². The van der Waals surface area contributed by atoms with Gasteiger partial charge in [0, 0.05) is 5.92 Å². The predicted molar refractivity (Wildman–Crippen MR) is 70.9 cm³/mol. The Hall–Kier alpha value is 0.166. The van der Waals surface area contributed by atoms with Crippen molar-refractivity contribution in [3.63, 3.8) is 0 Å². The Labute approximate surface area is 176 Å². The van der Waals surface area contributed by atoms with Gasteiger partial charge in [0.05, 0.1) is 42.4 Å². The van der Waals surface area contributed by atoms with Crippen LogP contribution >= 0.6 is 0 Å². The molecular weight excluding hydrogens is 332 g/mol. The van der Waals surface area contributed by atoms with Crippen molar-refractivity contribution < 1.29 is 80.3 Å². The second-order valence-electron chi connectivity index (χ2n) is 6.14. The van der Waals surface area contributed by atoms with E-state index in [-0.39, 0.29) is 81.6 Å².